The van der Waals surface area contributed by atoms with Crippen LogP contribution in [-0.2, 0) is 27.7 Å². The molecule has 1 heterocycles. The molecule has 0 aliphatic carbocycles. The highest BCUT2D eigenvalue weighted by molar-refractivity contribution is 7.89. The fourth-order valence-corrected chi connectivity index (χ4v) is 4.49. The predicted octanol–water partition coefficient (Wildman–Crippen LogP) is 3.80. The molecule has 0 atom stereocenters. The zero-order valence-electron chi connectivity index (χ0n) is 16.5. The van der Waals surface area contributed by atoms with E-state index in [9.17, 15) is 13.2 Å². The molecule has 0 saturated heterocycles. The Kier molecular flexibility index (Phi) is 6.46. The number of hydrogen-bond donors (Lipinski definition) is 1. The Morgan fingerprint density at radius 1 is 1.14 bits per heavy atom. The van der Waals surface area contributed by atoms with Gasteiger partial charge in [-0.15, -0.1) is 11.3 Å². The molecule has 0 aliphatic rings. The van der Waals surface area contributed by atoms with Crippen molar-refractivity contribution < 1.29 is 13.2 Å². The number of hydrogen-bond acceptors (Lipinski definition) is 5. The van der Waals surface area contributed by atoms with Crippen LogP contribution in [0.25, 0.3) is 10.6 Å². The van der Waals surface area contributed by atoms with Gasteiger partial charge in [-0.25, -0.2) is 17.7 Å². The predicted molar refractivity (Wildman–Crippen MR) is 117 cm³/mol. The van der Waals surface area contributed by atoms with Crippen molar-refractivity contribution in [2.24, 2.45) is 0 Å². The van der Waals surface area contributed by atoms with Gasteiger partial charge in [0.25, 0.3) is 0 Å². The van der Waals surface area contributed by atoms with Crippen LogP contribution in [0.2, 0.25) is 0 Å². The average molecular weight is 430 g/mol. The van der Waals surface area contributed by atoms with Crippen molar-refractivity contribution in [1.82, 2.24) is 9.29 Å². The van der Waals surface area contributed by atoms with Gasteiger partial charge in [0.2, 0.25) is 15.9 Å². The molecule has 0 bridgehead atoms. The molecule has 0 radical (unpaired) electrons. The van der Waals surface area contributed by atoms with Crippen molar-refractivity contribution in [3.8, 4) is 10.6 Å². The summed E-state index contributed by atoms with van der Waals surface area (Å²) in [6, 6.07) is 14.5. The number of nitrogens with zero attached hydrogens (tertiary/aromatic N) is 2. The molecule has 1 aromatic heterocycles. The molecule has 0 saturated carbocycles. The number of benzene rings is 2. The smallest absolute Gasteiger partial charge is 0.242 e. The van der Waals surface area contributed by atoms with Crippen LogP contribution >= 0.6 is 11.3 Å². The lowest BCUT2D eigenvalue weighted by Crippen LogP contribution is -2.22. The van der Waals surface area contributed by atoms with Crippen molar-refractivity contribution in [2.75, 3.05) is 19.4 Å². The minimum atomic E-state index is -3.56. The number of aryl methyl sites for hydroxylation is 1. The van der Waals surface area contributed by atoms with E-state index in [1.165, 1.54) is 43.1 Å². The normalized spacial score (nSPS) is 11.6. The van der Waals surface area contributed by atoms with Gasteiger partial charge in [-0.2, -0.15) is 0 Å². The van der Waals surface area contributed by atoms with Crippen LogP contribution in [0.4, 0.5) is 5.69 Å². The largest absolute Gasteiger partial charge is 0.326 e. The highest BCUT2D eigenvalue weighted by Gasteiger charge is 2.18. The third-order valence-corrected chi connectivity index (χ3v) is 7.15. The molecule has 2 aromatic carbocycles. The first-order valence-electron chi connectivity index (χ1n) is 9.15. The Labute approximate surface area is 175 Å². The highest BCUT2D eigenvalue weighted by atomic mass is 32.2. The number of sulfonamides is 1. The topological polar surface area (TPSA) is 79.4 Å². The zero-order chi connectivity index (χ0) is 21.0. The second-order valence-electron chi connectivity index (χ2n) is 6.73. The zero-order valence-corrected chi connectivity index (χ0v) is 18.2. The van der Waals surface area contributed by atoms with E-state index in [-0.39, 0.29) is 17.2 Å². The summed E-state index contributed by atoms with van der Waals surface area (Å²) in [4.78, 5) is 17.1. The number of carbonyl (C=O) groups is 1. The summed E-state index contributed by atoms with van der Waals surface area (Å²) >= 11 is 1.50. The molecular formula is C21H23N3O3S2. The molecule has 0 unspecified atom stereocenters. The first kappa shape index (κ1) is 21.2. The van der Waals surface area contributed by atoms with Crippen LogP contribution in [0.3, 0.4) is 0 Å². The van der Waals surface area contributed by atoms with E-state index in [0.717, 1.165) is 21.3 Å². The van der Waals surface area contributed by atoms with E-state index in [4.69, 9.17) is 0 Å². The molecule has 1 N–H and O–H groups in total. The van der Waals surface area contributed by atoms with E-state index in [1.54, 1.807) is 12.1 Å². The fourth-order valence-electron chi connectivity index (χ4n) is 2.72. The molecule has 8 heteroatoms. The van der Waals surface area contributed by atoms with E-state index in [1.807, 2.05) is 17.5 Å². The van der Waals surface area contributed by atoms with Gasteiger partial charge >= 0.3 is 0 Å². The maximum atomic E-state index is 12.4. The van der Waals surface area contributed by atoms with Crippen molar-refractivity contribution in [3.05, 3.63) is 65.2 Å². The van der Waals surface area contributed by atoms with Gasteiger partial charge < -0.3 is 5.32 Å². The molecule has 3 aromatic rings. The molecule has 3 rings (SSSR count). The minimum absolute atomic E-state index is 0.119. The molecular weight excluding hydrogens is 406 g/mol. The van der Waals surface area contributed by atoms with E-state index in [2.05, 4.69) is 29.4 Å². The number of nitrogens with one attached hydrogen (secondary N) is 1. The standard InChI is InChI=1S/C21H23N3O3S2/c1-4-15-8-10-16(11-9-15)21-23-18(14-28-21)13-20(25)22-17-6-5-7-19(12-17)29(26,27)24(2)3/h5-12,14H,4,13H2,1-3H3,(H,22,25). The Balaban J connectivity index is 1.68. The van der Waals surface area contributed by atoms with Crippen LogP contribution in [-0.4, -0.2) is 37.7 Å². The van der Waals surface area contributed by atoms with E-state index in [0.29, 0.717) is 11.4 Å². The van der Waals surface area contributed by atoms with Crippen molar-refractivity contribution in [3.63, 3.8) is 0 Å². The number of carbonyl (C=O) groups excluding carboxylic acids is 1. The minimum Gasteiger partial charge on any atom is -0.326 e. The quantitative estimate of drug-likeness (QED) is 0.619. The number of amides is 1. The van der Waals surface area contributed by atoms with Crippen LogP contribution < -0.4 is 5.32 Å². The van der Waals surface area contributed by atoms with Crippen LogP contribution in [0.1, 0.15) is 18.2 Å². The van der Waals surface area contributed by atoms with Gasteiger partial charge in [0.1, 0.15) is 5.01 Å². The number of aromatic nitrogens is 1. The summed E-state index contributed by atoms with van der Waals surface area (Å²) in [5.41, 5.74) is 3.41. The molecule has 29 heavy (non-hydrogen) atoms. The van der Waals surface area contributed by atoms with Crippen molar-refractivity contribution in [1.29, 1.82) is 0 Å². The molecule has 0 aliphatic heterocycles. The molecule has 152 valence electrons. The Bertz CT molecular complexity index is 1100. The maximum Gasteiger partial charge on any atom is 0.242 e. The van der Waals surface area contributed by atoms with E-state index < -0.39 is 10.0 Å². The number of anilines is 1. The highest BCUT2D eigenvalue weighted by Crippen LogP contribution is 2.25. The number of rotatable bonds is 7. The summed E-state index contributed by atoms with van der Waals surface area (Å²) < 4.78 is 25.6. The molecule has 1 amide bonds. The second kappa shape index (κ2) is 8.86. The molecule has 0 fully saturated rings. The van der Waals surface area contributed by atoms with Crippen molar-refractivity contribution >= 4 is 33.0 Å². The Hall–Kier alpha value is -2.55. The van der Waals surface area contributed by atoms with Gasteiger partial charge in [-0.3, -0.25) is 4.79 Å². The summed E-state index contributed by atoms with van der Waals surface area (Å²) in [6.07, 6.45) is 1.11. The summed E-state index contributed by atoms with van der Waals surface area (Å²) in [5.74, 6) is -0.248. The fraction of sp³-hybridized carbons (Fsp3) is 0.238. The molecule has 0 spiro atoms. The van der Waals surface area contributed by atoms with Crippen LogP contribution in [0, 0.1) is 0 Å². The first-order valence-corrected chi connectivity index (χ1v) is 11.5. The first-order chi connectivity index (χ1) is 13.8. The van der Waals surface area contributed by atoms with Crippen LogP contribution in [0.5, 0.6) is 0 Å². The van der Waals surface area contributed by atoms with Gasteiger partial charge in [0, 0.05) is 30.7 Å². The summed E-state index contributed by atoms with van der Waals surface area (Å²) in [6.45, 7) is 2.11. The van der Waals surface area contributed by atoms with Crippen molar-refractivity contribution in [2.45, 2.75) is 24.7 Å². The average Bonchev–Trinajstić information content (AvgIpc) is 3.16. The second-order valence-corrected chi connectivity index (χ2v) is 9.74. The lowest BCUT2D eigenvalue weighted by molar-refractivity contribution is -0.115. The van der Waals surface area contributed by atoms with Gasteiger partial charge in [0.05, 0.1) is 17.0 Å². The Morgan fingerprint density at radius 3 is 2.52 bits per heavy atom. The third kappa shape index (κ3) is 5.09. The molecule has 6 nitrogen and oxygen atoms in total. The maximum absolute atomic E-state index is 12.4. The van der Waals surface area contributed by atoms with Crippen LogP contribution in [0.15, 0.2) is 58.8 Å². The monoisotopic (exact) mass is 429 g/mol. The van der Waals surface area contributed by atoms with Gasteiger partial charge in [-0.1, -0.05) is 37.3 Å². The number of thiazole rings is 1. The lowest BCUT2D eigenvalue weighted by Gasteiger charge is -2.12. The summed E-state index contributed by atoms with van der Waals surface area (Å²) in [5, 5.41) is 5.49. The van der Waals surface area contributed by atoms with Gasteiger partial charge in [0.15, 0.2) is 0 Å². The van der Waals surface area contributed by atoms with Gasteiger partial charge in [-0.05, 0) is 30.2 Å². The summed E-state index contributed by atoms with van der Waals surface area (Å²) in [7, 11) is -0.618. The van der Waals surface area contributed by atoms with E-state index >= 15 is 0 Å². The SMILES string of the molecule is CCc1ccc(-c2nc(CC(=O)Nc3cccc(S(=O)(=O)N(C)C)c3)cs2)cc1. The Morgan fingerprint density at radius 2 is 1.86 bits per heavy atom. The lowest BCUT2D eigenvalue weighted by atomic mass is 10.1. The third-order valence-electron chi connectivity index (χ3n) is 4.40.